The second-order valence-electron chi connectivity index (χ2n) is 8.08. The Morgan fingerprint density at radius 2 is 1.68 bits per heavy atom. The molecule has 5 nitrogen and oxygen atoms in total. The van der Waals surface area contributed by atoms with Crippen molar-refractivity contribution in [2.45, 2.75) is 44.8 Å². The van der Waals surface area contributed by atoms with E-state index in [-0.39, 0.29) is 31.0 Å². The van der Waals surface area contributed by atoms with Gasteiger partial charge in [-0.15, -0.1) is 0 Å². The number of hydrogen-bond donors (Lipinski definition) is 1. The van der Waals surface area contributed by atoms with Gasteiger partial charge in [-0.2, -0.15) is 13.2 Å². The molecule has 0 radical (unpaired) electrons. The number of halogens is 3. The van der Waals surface area contributed by atoms with Gasteiger partial charge in [0.25, 0.3) is 0 Å². The van der Waals surface area contributed by atoms with Crippen LogP contribution in [-0.2, 0) is 27.4 Å². The summed E-state index contributed by atoms with van der Waals surface area (Å²) in [7, 11) is -3.82. The van der Waals surface area contributed by atoms with Gasteiger partial charge in [0.1, 0.15) is 0 Å². The van der Waals surface area contributed by atoms with Gasteiger partial charge >= 0.3 is 6.18 Å². The van der Waals surface area contributed by atoms with Crippen molar-refractivity contribution >= 4 is 21.6 Å². The average Bonchev–Trinajstić information content (AvgIpc) is 2.63. The lowest BCUT2D eigenvalue weighted by Crippen LogP contribution is -2.45. The number of alkyl halides is 3. The zero-order valence-corrected chi connectivity index (χ0v) is 18.6. The molecule has 0 heterocycles. The number of hydrogen-bond acceptors (Lipinski definition) is 3. The van der Waals surface area contributed by atoms with E-state index in [2.05, 4.69) is 5.32 Å². The minimum Gasteiger partial charge on any atom is -0.351 e. The Hall–Kier alpha value is -2.55. The monoisotopic (exact) mass is 456 g/mol. The van der Waals surface area contributed by atoms with Crippen LogP contribution in [0.2, 0.25) is 0 Å². The lowest BCUT2D eigenvalue weighted by molar-refractivity contribution is -0.137. The van der Waals surface area contributed by atoms with Gasteiger partial charge in [-0.3, -0.25) is 9.10 Å². The van der Waals surface area contributed by atoms with Crippen molar-refractivity contribution in [3.05, 3.63) is 65.7 Å². The van der Waals surface area contributed by atoms with Gasteiger partial charge in [0.15, 0.2) is 0 Å². The molecular formula is C22H27F3N2O3S. The highest BCUT2D eigenvalue weighted by molar-refractivity contribution is 7.92. The zero-order valence-electron chi connectivity index (χ0n) is 17.7. The first kappa shape index (κ1) is 24.7. The predicted octanol–water partition coefficient (Wildman–Crippen LogP) is 4.39. The number of carbonyl (C=O) groups excluding carboxylic acids is 1. The fourth-order valence-corrected chi connectivity index (χ4v) is 4.25. The molecule has 1 N–H and O–H groups in total. The maximum atomic E-state index is 13.0. The summed E-state index contributed by atoms with van der Waals surface area (Å²) < 4.78 is 64.1. The van der Waals surface area contributed by atoms with E-state index in [0.29, 0.717) is 6.42 Å². The first-order valence-electron chi connectivity index (χ1n) is 9.78. The molecule has 0 bridgehead atoms. The molecule has 0 saturated carbocycles. The van der Waals surface area contributed by atoms with Crippen LogP contribution in [0.5, 0.6) is 0 Å². The van der Waals surface area contributed by atoms with E-state index < -0.39 is 27.3 Å². The van der Waals surface area contributed by atoms with Crippen LogP contribution >= 0.6 is 0 Å². The van der Waals surface area contributed by atoms with Gasteiger partial charge in [0.2, 0.25) is 15.9 Å². The minimum atomic E-state index is -4.58. The highest BCUT2D eigenvalue weighted by Gasteiger charge is 2.31. The van der Waals surface area contributed by atoms with Crippen LogP contribution in [0.3, 0.4) is 0 Å². The Morgan fingerprint density at radius 3 is 2.26 bits per heavy atom. The number of sulfonamides is 1. The van der Waals surface area contributed by atoms with Crippen molar-refractivity contribution < 1.29 is 26.4 Å². The Labute approximate surface area is 181 Å². The quantitative estimate of drug-likeness (QED) is 0.609. The molecule has 0 atom stereocenters. The molecule has 0 aromatic heterocycles. The van der Waals surface area contributed by atoms with E-state index in [1.807, 2.05) is 44.2 Å². The lowest BCUT2D eigenvalue weighted by Gasteiger charge is -2.27. The molecule has 170 valence electrons. The summed E-state index contributed by atoms with van der Waals surface area (Å²) in [6.07, 6.45) is -2.82. The van der Waals surface area contributed by atoms with Gasteiger partial charge in [0.05, 0.1) is 17.5 Å². The number of benzene rings is 2. The molecule has 0 spiro atoms. The molecule has 0 saturated heterocycles. The molecule has 2 aromatic carbocycles. The average molecular weight is 457 g/mol. The summed E-state index contributed by atoms with van der Waals surface area (Å²) in [6.45, 7) is 3.68. The van der Waals surface area contributed by atoms with Crippen molar-refractivity contribution in [2.75, 3.05) is 17.1 Å². The van der Waals surface area contributed by atoms with Crippen LogP contribution < -0.4 is 9.62 Å². The van der Waals surface area contributed by atoms with Crippen LogP contribution in [-0.4, -0.2) is 32.7 Å². The first-order chi connectivity index (χ1) is 14.3. The van der Waals surface area contributed by atoms with Gasteiger partial charge in [-0.05, 0) is 50.5 Å². The molecule has 0 aliphatic carbocycles. The molecule has 31 heavy (non-hydrogen) atoms. The van der Waals surface area contributed by atoms with Crippen molar-refractivity contribution in [3.63, 3.8) is 0 Å². The van der Waals surface area contributed by atoms with Gasteiger partial charge in [0, 0.05) is 18.5 Å². The number of rotatable bonds is 9. The maximum absolute atomic E-state index is 13.0. The SMILES string of the molecule is CC(C)(Cc1ccccc1)NC(=O)CCCN(c1cccc(C(F)(F)F)c1)S(C)(=O)=O. The van der Waals surface area contributed by atoms with Crippen LogP contribution in [0.25, 0.3) is 0 Å². The summed E-state index contributed by atoms with van der Waals surface area (Å²) in [5.74, 6) is -0.251. The maximum Gasteiger partial charge on any atom is 0.416 e. The van der Waals surface area contributed by atoms with E-state index in [4.69, 9.17) is 0 Å². The predicted molar refractivity (Wildman–Crippen MR) is 115 cm³/mol. The van der Waals surface area contributed by atoms with Crippen LogP contribution in [0.15, 0.2) is 54.6 Å². The van der Waals surface area contributed by atoms with Crippen molar-refractivity contribution in [1.29, 1.82) is 0 Å². The zero-order chi connectivity index (χ0) is 23.3. The summed E-state index contributed by atoms with van der Waals surface area (Å²) >= 11 is 0. The Kier molecular flexibility index (Phi) is 7.75. The fourth-order valence-electron chi connectivity index (χ4n) is 3.30. The summed E-state index contributed by atoms with van der Waals surface area (Å²) in [5.41, 5.74) is -0.447. The third kappa shape index (κ3) is 7.90. The van der Waals surface area contributed by atoms with Crippen LogP contribution in [0, 0.1) is 0 Å². The molecule has 0 unspecified atom stereocenters. The number of nitrogens with one attached hydrogen (secondary N) is 1. The van der Waals surface area contributed by atoms with Crippen molar-refractivity contribution in [2.24, 2.45) is 0 Å². The smallest absolute Gasteiger partial charge is 0.351 e. The molecule has 0 fully saturated rings. The third-order valence-corrected chi connectivity index (χ3v) is 5.79. The highest BCUT2D eigenvalue weighted by Crippen LogP contribution is 2.32. The normalized spacial score (nSPS) is 12.5. The minimum absolute atomic E-state index is 0.0448. The molecule has 2 aromatic rings. The third-order valence-electron chi connectivity index (χ3n) is 4.59. The van der Waals surface area contributed by atoms with Crippen LogP contribution in [0.4, 0.5) is 18.9 Å². The Bertz CT molecular complexity index is 991. The molecule has 9 heteroatoms. The standard InChI is InChI=1S/C22H27F3N2O3S/c1-21(2,16-17-9-5-4-6-10-17)26-20(28)13-8-14-27(31(3,29)30)19-12-7-11-18(15-19)22(23,24)25/h4-7,9-12,15H,8,13-14,16H2,1-3H3,(H,26,28). The lowest BCUT2D eigenvalue weighted by atomic mass is 9.94. The molecule has 1 amide bonds. The fraction of sp³-hybridized carbons (Fsp3) is 0.409. The Morgan fingerprint density at radius 1 is 1.03 bits per heavy atom. The van der Waals surface area contributed by atoms with Gasteiger partial charge < -0.3 is 5.32 Å². The number of nitrogens with zero attached hydrogens (tertiary/aromatic N) is 1. The molecule has 0 aliphatic rings. The highest BCUT2D eigenvalue weighted by atomic mass is 32.2. The first-order valence-corrected chi connectivity index (χ1v) is 11.6. The van der Waals surface area contributed by atoms with E-state index in [9.17, 15) is 26.4 Å². The van der Waals surface area contributed by atoms with E-state index >= 15 is 0 Å². The van der Waals surface area contributed by atoms with Gasteiger partial charge in [-0.1, -0.05) is 36.4 Å². The molecular weight excluding hydrogens is 429 g/mol. The van der Waals surface area contributed by atoms with Crippen molar-refractivity contribution in [1.82, 2.24) is 5.32 Å². The van der Waals surface area contributed by atoms with Crippen molar-refractivity contribution in [3.8, 4) is 0 Å². The van der Waals surface area contributed by atoms with Crippen LogP contribution in [0.1, 0.15) is 37.8 Å². The second kappa shape index (κ2) is 9.72. The van der Waals surface area contributed by atoms with E-state index in [0.717, 1.165) is 34.3 Å². The Balaban J connectivity index is 2.00. The molecule has 0 aliphatic heterocycles. The summed E-state index contributed by atoms with van der Waals surface area (Å²) in [5, 5.41) is 2.93. The largest absolute Gasteiger partial charge is 0.416 e. The van der Waals surface area contributed by atoms with E-state index in [1.54, 1.807) is 0 Å². The summed E-state index contributed by atoms with van der Waals surface area (Å²) in [6, 6.07) is 13.8. The van der Waals surface area contributed by atoms with Gasteiger partial charge in [-0.25, -0.2) is 8.42 Å². The van der Waals surface area contributed by atoms with E-state index in [1.165, 1.54) is 6.07 Å². The second-order valence-corrected chi connectivity index (χ2v) is 9.99. The summed E-state index contributed by atoms with van der Waals surface area (Å²) in [4.78, 5) is 12.4. The number of carbonyl (C=O) groups is 1. The number of amides is 1. The topological polar surface area (TPSA) is 66.5 Å². The number of anilines is 1. The molecule has 2 rings (SSSR count).